The number of rotatable bonds is 6. The number of carbonyl (C=O) groups is 1. The van der Waals surface area contributed by atoms with Gasteiger partial charge in [0.15, 0.2) is 0 Å². The van der Waals surface area contributed by atoms with E-state index in [0.29, 0.717) is 0 Å². The van der Waals surface area contributed by atoms with E-state index in [2.05, 4.69) is 36.6 Å². The number of aryl methyl sites for hydroxylation is 1. The van der Waals surface area contributed by atoms with Crippen molar-refractivity contribution in [2.75, 3.05) is 11.9 Å². The second kappa shape index (κ2) is 7.44. The fraction of sp³-hybridized carbons (Fsp3) is 0.588. The second-order valence-corrected chi connectivity index (χ2v) is 6.12. The lowest BCUT2D eigenvalue weighted by atomic mass is 10.0. The largest absolute Gasteiger partial charge is 0.325 e. The molecule has 20 heavy (non-hydrogen) atoms. The number of anilines is 1. The van der Waals surface area contributed by atoms with Crippen LogP contribution >= 0.6 is 0 Å². The first kappa shape index (κ1) is 15.0. The molecule has 2 rings (SSSR count). The van der Waals surface area contributed by atoms with Crippen molar-refractivity contribution in [3.05, 3.63) is 29.8 Å². The molecule has 2 N–H and O–H groups in total. The number of benzene rings is 1. The molecule has 0 radical (unpaired) electrons. The summed E-state index contributed by atoms with van der Waals surface area (Å²) >= 11 is 0. The molecular formula is C17H26N2O. The summed E-state index contributed by atoms with van der Waals surface area (Å²) in [6.45, 7) is 5.47. The summed E-state index contributed by atoms with van der Waals surface area (Å²) in [5.74, 6) is 0.863. The number of amides is 1. The highest BCUT2D eigenvalue weighted by molar-refractivity contribution is 5.95. The molecule has 3 heteroatoms. The van der Waals surface area contributed by atoms with E-state index in [1.54, 1.807) is 0 Å². The van der Waals surface area contributed by atoms with E-state index in [9.17, 15) is 4.79 Å². The number of hydrogen-bond donors (Lipinski definition) is 2. The molecule has 1 fully saturated rings. The lowest BCUT2D eigenvalue weighted by Crippen LogP contribution is -2.35. The van der Waals surface area contributed by atoms with Gasteiger partial charge in [-0.05, 0) is 55.8 Å². The van der Waals surface area contributed by atoms with Crippen LogP contribution < -0.4 is 10.6 Å². The molecular weight excluding hydrogens is 248 g/mol. The van der Waals surface area contributed by atoms with E-state index in [4.69, 9.17) is 0 Å². The molecule has 1 heterocycles. The van der Waals surface area contributed by atoms with E-state index >= 15 is 0 Å². The van der Waals surface area contributed by atoms with Crippen molar-refractivity contribution in [1.82, 2.24) is 5.32 Å². The summed E-state index contributed by atoms with van der Waals surface area (Å²) in [6, 6.07) is 8.26. The highest BCUT2D eigenvalue weighted by Crippen LogP contribution is 2.15. The SMILES string of the molecule is CC(C)CCCc1ccc(NC(=O)C2CCCN2)cc1. The molecule has 0 saturated carbocycles. The number of nitrogens with one attached hydrogen (secondary N) is 2. The molecule has 1 saturated heterocycles. The summed E-state index contributed by atoms with van der Waals surface area (Å²) < 4.78 is 0. The highest BCUT2D eigenvalue weighted by atomic mass is 16.2. The van der Waals surface area contributed by atoms with E-state index in [1.807, 2.05) is 12.1 Å². The zero-order valence-electron chi connectivity index (χ0n) is 12.6. The Morgan fingerprint density at radius 3 is 2.70 bits per heavy atom. The van der Waals surface area contributed by atoms with Crippen LogP contribution in [0.3, 0.4) is 0 Å². The van der Waals surface area contributed by atoms with Crippen LogP contribution in [-0.2, 0) is 11.2 Å². The third kappa shape index (κ3) is 4.64. The summed E-state index contributed by atoms with van der Waals surface area (Å²) in [5, 5.41) is 6.20. The summed E-state index contributed by atoms with van der Waals surface area (Å²) in [4.78, 5) is 12.0. The highest BCUT2D eigenvalue weighted by Gasteiger charge is 2.21. The van der Waals surface area contributed by atoms with Gasteiger partial charge in [0.1, 0.15) is 0 Å². The van der Waals surface area contributed by atoms with Crippen molar-refractivity contribution in [3.63, 3.8) is 0 Å². The molecule has 1 amide bonds. The molecule has 0 spiro atoms. The van der Waals surface area contributed by atoms with Crippen molar-refractivity contribution in [2.45, 2.75) is 52.0 Å². The third-order valence-electron chi connectivity index (χ3n) is 3.85. The lowest BCUT2D eigenvalue weighted by molar-refractivity contribution is -0.117. The molecule has 1 aliphatic rings. The fourth-order valence-corrected chi connectivity index (χ4v) is 2.61. The van der Waals surface area contributed by atoms with Crippen LogP contribution in [0.1, 0.15) is 45.1 Å². The van der Waals surface area contributed by atoms with Gasteiger partial charge in [0.05, 0.1) is 6.04 Å². The predicted molar refractivity (Wildman–Crippen MR) is 83.9 cm³/mol. The first-order valence-corrected chi connectivity index (χ1v) is 7.78. The van der Waals surface area contributed by atoms with E-state index < -0.39 is 0 Å². The van der Waals surface area contributed by atoms with Gasteiger partial charge in [-0.2, -0.15) is 0 Å². The van der Waals surface area contributed by atoms with Crippen molar-refractivity contribution in [2.24, 2.45) is 5.92 Å². The summed E-state index contributed by atoms with van der Waals surface area (Å²) in [6.07, 6.45) is 5.66. The summed E-state index contributed by atoms with van der Waals surface area (Å²) in [7, 11) is 0. The molecule has 1 unspecified atom stereocenters. The number of hydrogen-bond acceptors (Lipinski definition) is 2. The van der Waals surface area contributed by atoms with Crippen LogP contribution in [0.2, 0.25) is 0 Å². The van der Waals surface area contributed by atoms with Crippen molar-refractivity contribution in [1.29, 1.82) is 0 Å². The first-order valence-electron chi connectivity index (χ1n) is 7.78. The second-order valence-electron chi connectivity index (χ2n) is 6.12. The van der Waals surface area contributed by atoms with Crippen molar-refractivity contribution in [3.8, 4) is 0 Å². The van der Waals surface area contributed by atoms with E-state index in [-0.39, 0.29) is 11.9 Å². The molecule has 3 nitrogen and oxygen atoms in total. The van der Waals surface area contributed by atoms with Crippen LogP contribution in [0, 0.1) is 5.92 Å². The van der Waals surface area contributed by atoms with Gasteiger partial charge in [-0.3, -0.25) is 4.79 Å². The Morgan fingerprint density at radius 2 is 2.10 bits per heavy atom. The van der Waals surface area contributed by atoms with Gasteiger partial charge in [-0.25, -0.2) is 0 Å². The Kier molecular flexibility index (Phi) is 5.60. The minimum absolute atomic E-state index is 0.0132. The maximum Gasteiger partial charge on any atom is 0.241 e. The minimum atomic E-state index is -0.0132. The Bertz CT molecular complexity index is 419. The van der Waals surface area contributed by atoms with E-state index in [0.717, 1.165) is 37.4 Å². The zero-order valence-corrected chi connectivity index (χ0v) is 12.6. The van der Waals surface area contributed by atoms with Crippen molar-refractivity contribution < 1.29 is 4.79 Å². The first-order chi connectivity index (χ1) is 9.65. The molecule has 0 bridgehead atoms. The van der Waals surface area contributed by atoms with Gasteiger partial charge in [-0.15, -0.1) is 0 Å². The molecule has 1 atom stereocenters. The van der Waals surface area contributed by atoms with E-state index in [1.165, 1.54) is 18.4 Å². The molecule has 0 aromatic heterocycles. The minimum Gasteiger partial charge on any atom is -0.325 e. The zero-order chi connectivity index (χ0) is 14.4. The van der Waals surface area contributed by atoms with Gasteiger partial charge in [0.2, 0.25) is 5.91 Å². The molecule has 110 valence electrons. The predicted octanol–water partition coefficient (Wildman–Crippen LogP) is 3.36. The molecule has 1 aromatic carbocycles. The van der Waals surface area contributed by atoms with Gasteiger partial charge in [-0.1, -0.05) is 32.4 Å². The van der Waals surface area contributed by atoms with Gasteiger partial charge in [0, 0.05) is 5.69 Å². The average Bonchev–Trinajstić information content (AvgIpc) is 2.94. The van der Waals surface area contributed by atoms with Gasteiger partial charge in [0.25, 0.3) is 0 Å². The molecule has 1 aromatic rings. The standard InChI is InChI=1S/C17H26N2O/c1-13(2)5-3-6-14-8-10-15(11-9-14)19-17(20)16-7-4-12-18-16/h8-11,13,16,18H,3-7,12H2,1-2H3,(H,19,20). The Balaban J connectivity index is 1.80. The topological polar surface area (TPSA) is 41.1 Å². The van der Waals surface area contributed by atoms with Crippen LogP contribution in [0.5, 0.6) is 0 Å². The molecule has 1 aliphatic heterocycles. The normalized spacial score (nSPS) is 18.4. The Morgan fingerprint density at radius 1 is 1.35 bits per heavy atom. The van der Waals surface area contributed by atoms with Gasteiger partial charge < -0.3 is 10.6 Å². The average molecular weight is 274 g/mol. The smallest absolute Gasteiger partial charge is 0.241 e. The van der Waals surface area contributed by atoms with Crippen molar-refractivity contribution >= 4 is 11.6 Å². The lowest BCUT2D eigenvalue weighted by Gasteiger charge is -2.11. The maximum atomic E-state index is 12.0. The number of carbonyl (C=O) groups excluding carboxylic acids is 1. The third-order valence-corrected chi connectivity index (χ3v) is 3.85. The van der Waals surface area contributed by atoms with Crippen LogP contribution in [0.25, 0.3) is 0 Å². The van der Waals surface area contributed by atoms with Crippen LogP contribution in [-0.4, -0.2) is 18.5 Å². The van der Waals surface area contributed by atoms with Gasteiger partial charge >= 0.3 is 0 Å². The molecule has 0 aliphatic carbocycles. The maximum absolute atomic E-state index is 12.0. The quantitative estimate of drug-likeness (QED) is 0.835. The van der Waals surface area contributed by atoms with Crippen LogP contribution in [0.4, 0.5) is 5.69 Å². The monoisotopic (exact) mass is 274 g/mol. The summed E-state index contributed by atoms with van der Waals surface area (Å²) in [5.41, 5.74) is 2.25. The van der Waals surface area contributed by atoms with Crippen LogP contribution in [0.15, 0.2) is 24.3 Å². The Labute approximate surface area is 122 Å². The fourth-order valence-electron chi connectivity index (χ4n) is 2.61. The Hall–Kier alpha value is -1.35.